The summed E-state index contributed by atoms with van der Waals surface area (Å²) in [5.41, 5.74) is 1.05. The van der Waals surface area contributed by atoms with Crippen molar-refractivity contribution in [1.29, 1.82) is 0 Å². The van der Waals surface area contributed by atoms with Crippen LogP contribution in [0.1, 0.15) is 38.2 Å². The Kier molecular flexibility index (Phi) is 3.50. The number of nitrogens with zero attached hydrogens (tertiary/aromatic N) is 1. The summed E-state index contributed by atoms with van der Waals surface area (Å²) in [7, 11) is 0. The molecule has 0 saturated carbocycles. The molecule has 2 nitrogen and oxygen atoms in total. The van der Waals surface area contributed by atoms with E-state index in [2.05, 4.69) is 18.8 Å². The number of halogens is 1. The van der Waals surface area contributed by atoms with E-state index in [0.717, 1.165) is 19.4 Å². The summed E-state index contributed by atoms with van der Waals surface area (Å²) in [6, 6.07) is 4.05. The number of alkyl halides is 1. The summed E-state index contributed by atoms with van der Waals surface area (Å²) < 4.78 is 5.80. The highest BCUT2D eigenvalue weighted by Crippen LogP contribution is 2.39. The molecule has 2 heterocycles. The molecule has 0 amide bonds. The van der Waals surface area contributed by atoms with Crippen LogP contribution in [0.3, 0.4) is 0 Å². The van der Waals surface area contributed by atoms with Crippen molar-refractivity contribution in [3.63, 3.8) is 0 Å². The third-order valence-electron chi connectivity index (χ3n) is 3.50. The van der Waals surface area contributed by atoms with Crippen LogP contribution in [0.25, 0.3) is 0 Å². The van der Waals surface area contributed by atoms with E-state index in [1.807, 2.05) is 24.5 Å². The first kappa shape index (κ1) is 11.9. The standard InChI is InChI=1S/C13H18ClNO/c1-10(11-4-7-15-8-5-11)12(14)13(2)6-3-9-16-13/h4-5,7-8,10,12H,3,6,9H2,1-2H3. The van der Waals surface area contributed by atoms with Crippen molar-refractivity contribution in [3.8, 4) is 0 Å². The molecule has 0 aromatic carbocycles. The molecule has 2 rings (SSSR count). The van der Waals surface area contributed by atoms with Crippen LogP contribution in [0.4, 0.5) is 0 Å². The van der Waals surface area contributed by atoms with E-state index in [4.69, 9.17) is 16.3 Å². The van der Waals surface area contributed by atoms with Crippen LogP contribution in [0, 0.1) is 0 Å². The Morgan fingerprint density at radius 3 is 2.69 bits per heavy atom. The van der Waals surface area contributed by atoms with Crippen LogP contribution >= 0.6 is 11.6 Å². The van der Waals surface area contributed by atoms with Crippen LogP contribution in [-0.2, 0) is 4.74 Å². The second-order valence-electron chi connectivity index (χ2n) is 4.74. The Morgan fingerprint density at radius 1 is 1.44 bits per heavy atom. The Labute approximate surface area is 102 Å². The highest BCUT2D eigenvalue weighted by Gasteiger charge is 2.40. The molecule has 0 radical (unpaired) electrons. The maximum Gasteiger partial charge on any atom is 0.0824 e. The molecule has 0 spiro atoms. The van der Waals surface area contributed by atoms with Crippen molar-refractivity contribution in [2.75, 3.05) is 6.61 Å². The number of rotatable bonds is 3. The minimum Gasteiger partial charge on any atom is -0.374 e. The molecule has 1 aliphatic rings. The fourth-order valence-corrected chi connectivity index (χ4v) is 2.70. The summed E-state index contributed by atoms with van der Waals surface area (Å²) in [5, 5.41) is 0.0115. The lowest BCUT2D eigenvalue weighted by molar-refractivity contribution is 0.0124. The van der Waals surface area contributed by atoms with Crippen LogP contribution in [0.2, 0.25) is 0 Å². The van der Waals surface area contributed by atoms with E-state index < -0.39 is 0 Å². The van der Waals surface area contributed by atoms with E-state index in [1.165, 1.54) is 5.56 Å². The van der Waals surface area contributed by atoms with Crippen molar-refractivity contribution in [2.45, 2.75) is 43.6 Å². The van der Waals surface area contributed by atoms with Gasteiger partial charge in [-0.1, -0.05) is 6.92 Å². The van der Waals surface area contributed by atoms with Crippen LogP contribution in [-0.4, -0.2) is 22.6 Å². The third-order valence-corrected chi connectivity index (χ3v) is 4.34. The van der Waals surface area contributed by atoms with E-state index in [9.17, 15) is 0 Å². The molecule has 0 N–H and O–H groups in total. The Balaban J connectivity index is 2.13. The van der Waals surface area contributed by atoms with Crippen molar-refractivity contribution >= 4 is 11.6 Å². The first-order valence-electron chi connectivity index (χ1n) is 5.81. The molecule has 1 saturated heterocycles. The minimum absolute atomic E-state index is 0.0115. The second-order valence-corrected chi connectivity index (χ2v) is 5.21. The van der Waals surface area contributed by atoms with Gasteiger partial charge in [0.2, 0.25) is 0 Å². The van der Waals surface area contributed by atoms with Gasteiger partial charge >= 0.3 is 0 Å². The summed E-state index contributed by atoms with van der Waals surface area (Å²) >= 11 is 6.57. The zero-order valence-corrected chi connectivity index (χ0v) is 10.6. The fourth-order valence-electron chi connectivity index (χ4n) is 2.38. The first-order valence-corrected chi connectivity index (χ1v) is 6.25. The Hall–Kier alpha value is -0.600. The smallest absolute Gasteiger partial charge is 0.0824 e. The van der Waals surface area contributed by atoms with Gasteiger partial charge in [0.15, 0.2) is 0 Å². The van der Waals surface area contributed by atoms with Gasteiger partial charge in [0, 0.05) is 24.9 Å². The molecule has 1 aliphatic heterocycles. The van der Waals surface area contributed by atoms with Gasteiger partial charge in [-0.25, -0.2) is 0 Å². The van der Waals surface area contributed by atoms with Gasteiger partial charge in [-0.15, -0.1) is 11.6 Å². The Bertz CT molecular complexity index is 335. The zero-order chi connectivity index (χ0) is 11.6. The number of ether oxygens (including phenoxy) is 1. The first-order chi connectivity index (χ1) is 7.63. The van der Waals surface area contributed by atoms with Gasteiger partial charge in [0.1, 0.15) is 0 Å². The molecular weight excluding hydrogens is 222 g/mol. The molecule has 3 heteroatoms. The SMILES string of the molecule is CC(c1ccncc1)C(Cl)C1(C)CCCO1. The van der Waals surface area contributed by atoms with Gasteiger partial charge < -0.3 is 4.74 Å². The molecule has 3 atom stereocenters. The number of pyridine rings is 1. The van der Waals surface area contributed by atoms with Crippen LogP contribution < -0.4 is 0 Å². The topological polar surface area (TPSA) is 22.1 Å². The molecule has 1 aromatic heterocycles. The third kappa shape index (κ3) is 2.23. The maximum atomic E-state index is 6.57. The maximum absolute atomic E-state index is 6.57. The summed E-state index contributed by atoms with van der Waals surface area (Å²) in [6.07, 6.45) is 5.79. The zero-order valence-electron chi connectivity index (χ0n) is 9.82. The fraction of sp³-hybridized carbons (Fsp3) is 0.615. The van der Waals surface area contributed by atoms with Gasteiger partial charge in [0.05, 0.1) is 11.0 Å². The van der Waals surface area contributed by atoms with Gasteiger partial charge in [-0.3, -0.25) is 4.98 Å². The summed E-state index contributed by atoms with van der Waals surface area (Å²) in [4.78, 5) is 4.03. The molecule has 3 unspecified atom stereocenters. The molecular formula is C13H18ClNO. The molecule has 1 fully saturated rings. The van der Waals surface area contributed by atoms with E-state index in [0.29, 0.717) is 0 Å². The Morgan fingerprint density at radius 2 is 2.12 bits per heavy atom. The van der Waals surface area contributed by atoms with Crippen LogP contribution in [0.5, 0.6) is 0 Å². The predicted octanol–water partition coefficient (Wildman–Crippen LogP) is 3.36. The largest absolute Gasteiger partial charge is 0.374 e. The van der Waals surface area contributed by atoms with E-state index in [-0.39, 0.29) is 16.9 Å². The van der Waals surface area contributed by atoms with Crippen molar-refractivity contribution in [1.82, 2.24) is 4.98 Å². The van der Waals surface area contributed by atoms with E-state index >= 15 is 0 Å². The van der Waals surface area contributed by atoms with Gasteiger partial charge in [-0.2, -0.15) is 0 Å². The lowest BCUT2D eigenvalue weighted by Gasteiger charge is -2.33. The molecule has 88 valence electrons. The van der Waals surface area contributed by atoms with Crippen molar-refractivity contribution in [3.05, 3.63) is 30.1 Å². The predicted molar refractivity (Wildman–Crippen MR) is 65.9 cm³/mol. The summed E-state index contributed by atoms with van der Waals surface area (Å²) in [6.45, 7) is 5.11. The number of hydrogen-bond acceptors (Lipinski definition) is 2. The van der Waals surface area contributed by atoms with Crippen LogP contribution in [0.15, 0.2) is 24.5 Å². The second kappa shape index (κ2) is 4.72. The van der Waals surface area contributed by atoms with Gasteiger partial charge in [0.25, 0.3) is 0 Å². The lowest BCUT2D eigenvalue weighted by atomic mass is 9.86. The average molecular weight is 240 g/mol. The van der Waals surface area contributed by atoms with Crippen molar-refractivity contribution < 1.29 is 4.74 Å². The highest BCUT2D eigenvalue weighted by atomic mass is 35.5. The molecule has 0 aliphatic carbocycles. The molecule has 16 heavy (non-hydrogen) atoms. The quantitative estimate of drug-likeness (QED) is 0.755. The average Bonchev–Trinajstić information content (AvgIpc) is 2.77. The van der Waals surface area contributed by atoms with Crippen molar-refractivity contribution in [2.24, 2.45) is 0 Å². The normalized spacial score (nSPS) is 28.9. The van der Waals surface area contributed by atoms with Gasteiger partial charge in [-0.05, 0) is 37.5 Å². The number of hydrogen-bond donors (Lipinski definition) is 0. The lowest BCUT2D eigenvalue weighted by Crippen LogP contribution is -2.38. The number of aromatic nitrogens is 1. The monoisotopic (exact) mass is 239 g/mol. The molecule has 1 aromatic rings. The summed E-state index contributed by atoms with van der Waals surface area (Å²) in [5.74, 6) is 0.285. The molecule has 0 bridgehead atoms. The highest BCUT2D eigenvalue weighted by molar-refractivity contribution is 6.22. The van der Waals surface area contributed by atoms with E-state index in [1.54, 1.807) is 0 Å². The minimum atomic E-state index is -0.176.